The van der Waals surface area contributed by atoms with Crippen molar-refractivity contribution in [2.24, 2.45) is 0 Å². The van der Waals surface area contributed by atoms with Crippen LogP contribution in [-0.2, 0) is 19.3 Å². The number of aliphatic hydroxyl groups is 1. The summed E-state index contributed by atoms with van der Waals surface area (Å²) in [7, 11) is 0. The van der Waals surface area contributed by atoms with Crippen molar-refractivity contribution in [1.82, 2.24) is 4.90 Å². The highest BCUT2D eigenvalue weighted by Crippen LogP contribution is 2.19. The van der Waals surface area contributed by atoms with Gasteiger partial charge in [-0.05, 0) is 70.9 Å². The highest BCUT2D eigenvalue weighted by molar-refractivity contribution is 5.69. The van der Waals surface area contributed by atoms with E-state index < -0.39 is 0 Å². The number of nitrogens with zero attached hydrogens (tertiary/aromatic N) is 1. The molecule has 1 unspecified atom stereocenters. The maximum absolute atomic E-state index is 12.5. The second-order valence-corrected chi connectivity index (χ2v) is 16.0. The maximum Gasteiger partial charge on any atom is 0.306 e. The van der Waals surface area contributed by atoms with Crippen molar-refractivity contribution in [2.75, 3.05) is 32.8 Å². The Morgan fingerprint density at radius 1 is 0.462 bits per heavy atom. The summed E-state index contributed by atoms with van der Waals surface area (Å²) in [6.07, 6.45) is 41.5. The number of ether oxygens (including phenoxy) is 1. The minimum atomic E-state index is 0.00524. The van der Waals surface area contributed by atoms with Crippen LogP contribution in [0.15, 0.2) is 0 Å². The van der Waals surface area contributed by atoms with Gasteiger partial charge in [-0.15, -0.1) is 0 Å². The molecule has 0 heterocycles. The van der Waals surface area contributed by atoms with Crippen molar-refractivity contribution in [3.8, 4) is 0 Å². The van der Waals surface area contributed by atoms with Crippen LogP contribution in [0.5, 0.6) is 0 Å². The second kappa shape index (κ2) is 43.0. The van der Waals surface area contributed by atoms with Crippen molar-refractivity contribution in [3.05, 3.63) is 0 Å². The van der Waals surface area contributed by atoms with Crippen LogP contribution in [0.4, 0.5) is 0 Å². The van der Waals surface area contributed by atoms with Gasteiger partial charge in [0, 0.05) is 13.0 Å². The molecule has 0 saturated heterocycles. The van der Waals surface area contributed by atoms with Crippen LogP contribution in [0.25, 0.3) is 0 Å². The van der Waals surface area contributed by atoms with Gasteiger partial charge in [0.1, 0.15) is 6.10 Å². The van der Waals surface area contributed by atoms with Crippen LogP contribution in [0, 0.1) is 0 Å². The van der Waals surface area contributed by atoms with E-state index in [2.05, 4.69) is 32.6 Å². The molecule has 1 N–H and O–H groups in total. The average molecular weight is 740 g/mol. The molecule has 6 heteroatoms. The van der Waals surface area contributed by atoms with Gasteiger partial charge in [0.05, 0.1) is 19.3 Å². The number of rotatable bonds is 44. The number of hydrogen-bond acceptors (Lipinski definition) is 6. The number of carbonyl (C=O) groups is 1. The fourth-order valence-electron chi connectivity index (χ4n) is 7.31. The van der Waals surface area contributed by atoms with Gasteiger partial charge in [0.25, 0.3) is 0 Å². The van der Waals surface area contributed by atoms with Crippen LogP contribution in [0.1, 0.15) is 246 Å². The van der Waals surface area contributed by atoms with E-state index >= 15 is 0 Å². The Morgan fingerprint density at radius 3 is 1.37 bits per heavy atom. The molecule has 6 nitrogen and oxygen atoms in total. The van der Waals surface area contributed by atoms with Crippen molar-refractivity contribution >= 4 is 5.97 Å². The molecule has 0 aromatic carbocycles. The van der Waals surface area contributed by atoms with Crippen LogP contribution < -0.4 is 0 Å². The molecule has 0 saturated carbocycles. The lowest BCUT2D eigenvalue weighted by atomic mass is 10.0. The molecule has 0 fully saturated rings. The minimum Gasteiger partial charge on any atom is -0.462 e. The fourth-order valence-corrected chi connectivity index (χ4v) is 7.31. The number of carbonyl (C=O) groups excluding carboxylic acids is 1. The molecule has 1 atom stereocenters. The standard InChI is InChI=1S/C46H93NO5/c1-5-9-12-15-20-27-35-44(34-8-4)51-46(49)38-30-23-18-24-31-39-47(41-42-48)40-32-25-19-26-33-43-50-52-45(36-28-21-16-13-10-6-2)37-29-22-17-14-11-7-3/h44-45,48H,5-43H2,1-4H3. The van der Waals surface area contributed by atoms with E-state index in [0.29, 0.717) is 13.0 Å². The Balaban J connectivity index is 3.97. The summed E-state index contributed by atoms with van der Waals surface area (Å²) in [6, 6.07) is 0. The van der Waals surface area contributed by atoms with E-state index in [1.807, 2.05) is 0 Å². The highest BCUT2D eigenvalue weighted by Gasteiger charge is 2.14. The Bertz CT molecular complexity index is 676. The van der Waals surface area contributed by atoms with Gasteiger partial charge in [-0.3, -0.25) is 4.79 Å². The first-order valence-electron chi connectivity index (χ1n) is 23.4. The lowest BCUT2D eigenvalue weighted by Crippen LogP contribution is -2.29. The molecule has 0 aliphatic rings. The van der Waals surface area contributed by atoms with Crippen LogP contribution in [0.3, 0.4) is 0 Å². The molecule has 0 bridgehead atoms. The first kappa shape index (κ1) is 51.3. The fraction of sp³-hybridized carbons (Fsp3) is 0.978. The molecule has 0 aliphatic carbocycles. The lowest BCUT2D eigenvalue weighted by molar-refractivity contribution is -0.327. The number of unbranched alkanes of at least 4 members (excludes halogenated alkanes) is 23. The zero-order valence-corrected chi connectivity index (χ0v) is 35.8. The predicted octanol–water partition coefficient (Wildman–Crippen LogP) is 13.9. The molecule has 0 radical (unpaired) electrons. The molecule has 0 spiro atoms. The molecule has 52 heavy (non-hydrogen) atoms. The highest BCUT2D eigenvalue weighted by atomic mass is 17.2. The molecular formula is C46H93NO5. The normalized spacial score (nSPS) is 12.4. The summed E-state index contributed by atoms with van der Waals surface area (Å²) in [6.45, 7) is 12.8. The first-order chi connectivity index (χ1) is 25.6. The number of esters is 1. The molecule has 0 aromatic heterocycles. The van der Waals surface area contributed by atoms with Gasteiger partial charge < -0.3 is 14.7 Å². The summed E-state index contributed by atoms with van der Waals surface area (Å²) < 4.78 is 5.86. The van der Waals surface area contributed by atoms with Crippen LogP contribution in [-0.4, -0.2) is 61.0 Å². The van der Waals surface area contributed by atoms with Gasteiger partial charge in [-0.1, -0.05) is 182 Å². The van der Waals surface area contributed by atoms with Gasteiger partial charge in [0.15, 0.2) is 0 Å². The van der Waals surface area contributed by atoms with Crippen molar-refractivity contribution in [1.29, 1.82) is 0 Å². The maximum atomic E-state index is 12.5. The second-order valence-electron chi connectivity index (χ2n) is 16.0. The summed E-state index contributed by atoms with van der Waals surface area (Å²) in [5.74, 6) is 0.00524. The lowest BCUT2D eigenvalue weighted by Gasteiger charge is -2.21. The summed E-state index contributed by atoms with van der Waals surface area (Å²) in [4.78, 5) is 26.6. The predicted molar refractivity (Wildman–Crippen MR) is 224 cm³/mol. The van der Waals surface area contributed by atoms with E-state index in [9.17, 15) is 9.90 Å². The van der Waals surface area contributed by atoms with Gasteiger partial charge in [-0.2, -0.15) is 0 Å². The third-order valence-corrected chi connectivity index (χ3v) is 10.7. The van der Waals surface area contributed by atoms with E-state index in [-0.39, 0.29) is 24.8 Å². The van der Waals surface area contributed by atoms with Crippen LogP contribution >= 0.6 is 0 Å². The van der Waals surface area contributed by atoms with E-state index in [1.165, 1.54) is 154 Å². The molecule has 0 aliphatic heterocycles. The minimum absolute atomic E-state index is 0.00524. The Kier molecular flexibility index (Phi) is 42.5. The Labute approximate surface area is 325 Å². The number of aliphatic hydroxyl groups excluding tert-OH is 1. The molecule has 0 aromatic rings. The van der Waals surface area contributed by atoms with Gasteiger partial charge in [0.2, 0.25) is 0 Å². The van der Waals surface area contributed by atoms with Crippen molar-refractivity contribution in [3.63, 3.8) is 0 Å². The average Bonchev–Trinajstić information content (AvgIpc) is 3.14. The summed E-state index contributed by atoms with van der Waals surface area (Å²) in [5.41, 5.74) is 0. The third-order valence-electron chi connectivity index (χ3n) is 10.7. The largest absolute Gasteiger partial charge is 0.462 e. The van der Waals surface area contributed by atoms with Crippen molar-refractivity contribution < 1.29 is 24.4 Å². The molecule has 312 valence electrons. The molecule has 0 rings (SSSR count). The zero-order chi connectivity index (χ0) is 38.0. The topological polar surface area (TPSA) is 68.2 Å². The SMILES string of the molecule is CCCCCCCCC(CCCCCCCC)OOCCCCCCCN(CCO)CCCCCCCC(=O)OC(CCC)CCCCCCCC. The Morgan fingerprint density at radius 2 is 0.885 bits per heavy atom. The Hall–Kier alpha value is -0.690. The van der Waals surface area contributed by atoms with E-state index in [1.54, 1.807) is 0 Å². The quantitative estimate of drug-likeness (QED) is 0.0290. The first-order valence-corrected chi connectivity index (χ1v) is 23.4. The van der Waals surface area contributed by atoms with Crippen LogP contribution in [0.2, 0.25) is 0 Å². The van der Waals surface area contributed by atoms with Crippen molar-refractivity contribution in [2.45, 2.75) is 258 Å². The monoisotopic (exact) mass is 740 g/mol. The summed E-state index contributed by atoms with van der Waals surface area (Å²) in [5, 5.41) is 9.58. The zero-order valence-electron chi connectivity index (χ0n) is 35.8. The van der Waals surface area contributed by atoms with Gasteiger partial charge >= 0.3 is 5.97 Å². The van der Waals surface area contributed by atoms with E-state index in [4.69, 9.17) is 14.5 Å². The molecular weight excluding hydrogens is 647 g/mol. The third kappa shape index (κ3) is 37.6. The van der Waals surface area contributed by atoms with Gasteiger partial charge in [-0.25, -0.2) is 9.78 Å². The number of hydrogen-bond donors (Lipinski definition) is 1. The molecule has 0 amide bonds. The van der Waals surface area contributed by atoms with E-state index in [0.717, 1.165) is 77.4 Å². The summed E-state index contributed by atoms with van der Waals surface area (Å²) >= 11 is 0. The smallest absolute Gasteiger partial charge is 0.306 e.